The van der Waals surface area contributed by atoms with Gasteiger partial charge in [-0.15, -0.1) is 0 Å². The van der Waals surface area contributed by atoms with Gasteiger partial charge in [-0.25, -0.2) is 0 Å². The van der Waals surface area contributed by atoms with Gasteiger partial charge in [-0.3, -0.25) is 0 Å². The molecule has 2 heterocycles. The largest absolute Gasteiger partial charge is 0.510 e. The molecule has 55 heavy (non-hydrogen) atoms. The zero-order valence-corrected chi connectivity index (χ0v) is 43.4. The van der Waals surface area contributed by atoms with Crippen LogP contribution < -0.4 is 5.19 Å². The van der Waals surface area contributed by atoms with Crippen molar-refractivity contribution in [3.8, 4) is 0 Å². The Hall–Kier alpha value is 0.298. The second-order valence-electron chi connectivity index (χ2n) is 18.9. The minimum absolute atomic E-state index is 0.278. The molecule has 0 spiro atoms. The Morgan fingerprint density at radius 1 is 0.491 bits per heavy atom. The Morgan fingerprint density at radius 3 is 1.16 bits per heavy atom. The van der Waals surface area contributed by atoms with Crippen molar-refractivity contribution in [2.45, 2.75) is 141 Å². The van der Waals surface area contributed by atoms with Crippen LogP contribution in [0.25, 0.3) is 0 Å². The third-order valence-corrected chi connectivity index (χ3v) is 36.9. The lowest BCUT2D eigenvalue weighted by atomic mass is 10.4. The highest BCUT2D eigenvalue weighted by atomic mass is 28.5. The molecule has 3 aliphatic rings. The topological polar surface area (TPSA) is 108 Å². The molecule has 0 radical (unpaired) electrons. The van der Waals surface area contributed by atoms with E-state index in [1.165, 1.54) is 12.8 Å². The maximum Gasteiger partial charge on any atom is 0.510 e. The Bertz CT molecular complexity index is 1160. The van der Waals surface area contributed by atoms with E-state index in [1.807, 2.05) is 18.2 Å². The van der Waals surface area contributed by atoms with Gasteiger partial charge >= 0.3 is 34.5 Å². The van der Waals surface area contributed by atoms with Crippen molar-refractivity contribution < 1.29 is 48.4 Å². The van der Waals surface area contributed by atoms with Gasteiger partial charge in [0.2, 0.25) is 0 Å². The van der Waals surface area contributed by atoms with Crippen LogP contribution in [0, 0.1) is 5.92 Å². The van der Waals surface area contributed by atoms with Crippen LogP contribution in [-0.4, -0.2) is 125 Å². The van der Waals surface area contributed by atoms with E-state index in [1.54, 1.807) is 0 Å². The smallest absolute Gasteiger partial charge is 0.436 e. The molecule has 0 N–H and O–H groups in total. The van der Waals surface area contributed by atoms with Crippen LogP contribution in [0.5, 0.6) is 0 Å². The number of ether oxygens (including phenoxy) is 5. The van der Waals surface area contributed by atoms with Crippen molar-refractivity contribution in [3.05, 3.63) is 30.3 Å². The van der Waals surface area contributed by atoms with Crippen LogP contribution in [0.15, 0.2) is 30.3 Å². The summed E-state index contributed by atoms with van der Waals surface area (Å²) in [6.45, 7) is 32.7. The van der Waals surface area contributed by atoms with Crippen molar-refractivity contribution in [2.24, 2.45) is 5.92 Å². The summed E-state index contributed by atoms with van der Waals surface area (Å²) in [5, 5.41) is 0.922. The van der Waals surface area contributed by atoms with E-state index >= 15 is 0 Å². The standard InChI is InChI=1S/C37H76O11Si7/c1-49(2,26-16-23-38-29-34-21-22-34)43-52(7,8)46-55(37-19-14-13-15-20-37,47-53(9,10)44-50(3,4)27-17-24-39-30-35-32-41-35)48-54(11,12)45-51(5,6)28-18-25-40-31-36-33-42-36/h13-15,19-20,34-36H,16-18,21-33H2,1-12H3. The SMILES string of the molecule is C[Si](C)(CCCOCC1CC1)O[Si](C)(C)O[Si](O[Si](C)(C)O[Si](C)(C)CCCOCC1CO1)(O[Si](C)(C)O[Si](C)(C)CCCOCC1CO1)c1ccccc1. The van der Waals surface area contributed by atoms with Crippen LogP contribution in [0.2, 0.25) is 96.7 Å². The second-order valence-corrected chi connectivity index (χ2v) is 45.9. The molecule has 1 aromatic carbocycles. The maximum absolute atomic E-state index is 7.49. The fraction of sp³-hybridized carbons (Fsp3) is 0.838. The van der Waals surface area contributed by atoms with Crippen LogP contribution >= 0.6 is 0 Å². The maximum atomic E-state index is 7.49. The molecule has 0 bridgehead atoms. The van der Waals surface area contributed by atoms with E-state index in [0.29, 0.717) is 26.4 Å². The highest BCUT2D eigenvalue weighted by Gasteiger charge is 2.58. The molecule has 0 aromatic heterocycles. The summed E-state index contributed by atoms with van der Waals surface area (Å²) in [4.78, 5) is 0. The molecule has 2 saturated heterocycles. The molecule has 18 heteroatoms. The summed E-state index contributed by atoms with van der Waals surface area (Å²) in [6, 6.07) is 13.2. The van der Waals surface area contributed by atoms with Crippen LogP contribution in [0.4, 0.5) is 0 Å². The summed E-state index contributed by atoms with van der Waals surface area (Å²) >= 11 is 0. The number of benzene rings is 1. The molecular formula is C37H76O11Si7. The number of rotatable bonds is 31. The Kier molecular flexibility index (Phi) is 18.1. The highest BCUT2D eigenvalue weighted by molar-refractivity contribution is 6.97. The highest BCUT2D eigenvalue weighted by Crippen LogP contribution is 2.33. The fourth-order valence-electron chi connectivity index (χ4n) is 7.16. The van der Waals surface area contributed by atoms with E-state index < -0.39 is 59.4 Å². The zero-order valence-electron chi connectivity index (χ0n) is 36.4. The van der Waals surface area contributed by atoms with Gasteiger partial charge in [0.25, 0.3) is 0 Å². The van der Waals surface area contributed by atoms with E-state index in [-0.39, 0.29) is 12.2 Å². The molecule has 2 aliphatic heterocycles. The van der Waals surface area contributed by atoms with Gasteiger partial charge in [0.1, 0.15) is 12.2 Å². The Morgan fingerprint density at radius 2 is 0.836 bits per heavy atom. The van der Waals surface area contributed by atoms with Crippen molar-refractivity contribution in [2.75, 3.05) is 52.9 Å². The van der Waals surface area contributed by atoms with E-state index in [9.17, 15) is 0 Å². The predicted molar refractivity (Wildman–Crippen MR) is 236 cm³/mol. The van der Waals surface area contributed by atoms with Crippen molar-refractivity contribution in [1.82, 2.24) is 0 Å². The summed E-state index contributed by atoms with van der Waals surface area (Å²) in [5.41, 5.74) is 0. The monoisotopic (exact) mass is 892 g/mol. The first-order valence-electron chi connectivity index (χ1n) is 20.8. The Labute approximate surface area is 341 Å². The minimum Gasteiger partial charge on any atom is -0.436 e. The lowest BCUT2D eigenvalue weighted by molar-refractivity contribution is 0.116. The number of epoxide rings is 2. The molecule has 318 valence electrons. The molecule has 11 nitrogen and oxygen atoms in total. The normalized spacial score (nSPS) is 20.8. The van der Waals surface area contributed by atoms with Gasteiger partial charge in [-0.2, -0.15) is 0 Å². The molecule has 4 rings (SSSR count). The molecule has 1 saturated carbocycles. The molecule has 3 fully saturated rings. The minimum atomic E-state index is -3.75. The third kappa shape index (κ3) is 19.9. The van der Waals surface area contributed by atoms with Crippen molar-refractivity contribution in [1.29, 1.82) is 0 Å². The molecule has 1 aliphatic carbocycles. The first kappa shape index (κ1) is 48.0. The molecule has 2 unspecified atom stereocenters. The second kappa shape index (κ2) is 20.7. The van der Waals surface area contributed by atoms with Crippen LogP contribution in [-0.2, 0) is 48.4 Å². The average molecular weight is 894 g/mol. The molecule has 2 atom stereocenters. The predicted octanol–water partition coefficient (Wildman–Crippen LogP) is 8.08. The number of hydrogen-bond acceptors (Lipinski definition) is 11. The lowest BCUT2D eigenvalue weighted by Gasteiger charge is -2.47. The molecule has 1 aromatic rings. The fourth-order valence-corrected chi connectivity index (χ4v) is 40.4. The average Bonchev–Trinajstić information content (AvgIpc) is 3.88. The van der Waals surface area contributed by atoms with Gasteiger partial charge < -0.3 is 48.4 Å². The van der Waals surface area contributed by atoms with Crippen molar-refractivity contribution in [3.63, 3.8) is 0 Å². The van der Waals surface area contributed by atoms with Gasteiger partial charge in [0.05, 0.1) is 26.4 Å². The summed E-state index contributed by atoms with van der Waals surface area (Å²) in [5.74, 6) is 0.773. The van der Waals surface area contributed by atoms with Crippen LogP contribution in [0.3, 0.4) is 0 Å². The summed E-state index contributed by atoms with van der Waals surface area (Å²) < 4.78 is 72.2. The summed E-state index contributed by atoms with van der Waals surface area (Å²) in [6.07, 6.45) is 6.05. The van der Waals surface area contributed by atoms with Gasteiger partial charge in [-0.05, 0) is 135 Å². The molecular weight excluding hydrogens is 817 g/mol. The van der Waals surface area contributed by atoms with Gasteiger partial charge in [-0.1, -0.05) is 30.3 Å². The van der Waals surface area contributed by atoms with Crippen molar-refractivity contribution >= 4 is 64.6 Å². The van der Waals surface area contributed by atoms with Crippen LogP contribution in [0.1, 0.15) is 32.1 Å². The van der Waals surface area contributed by atoms with E-state index in [0.717, 1.165) is 74.9 Å². The quantitative estimate of drug-likeness (QED) is 0.0411. The van der Waals surface area contributed by atoms with E-state index in [4.69, 9.17) is 48.4 Å². The zero-order chi connectivity index (χ0) is 40.4. The summed E-state index contributed by atoms with van der Waals surface area (Å²) in [7, 11) is -18.9. The van der Waals surface area contributed by atoms with E-state index in [2.05, 4.69) is 90.7 Å². The number of hydrogen-bond donors (Lipinski definition) is 0. The lowest BCUT2D eigenvalue weighted by Crippen LogP contribution is -2.71. The first-order chi connectivity index (χ1) is 25.6. The van der Waals surface area contributed by atoms with Gasteiger partial charge in [0, 0.05) is 31.6 Å². The van der Waals surface area contributed by atoms with Gasteiger partial charge in [0.15, 0.2) is 25.0 Å². The third-order valence-electron chi connectivity index (χ3n) is 9.50. The Balaban J connectivity index is 1.54. The molecule has 0 amide bonds. The first-order valence-corrected chi connectivity index (χ1v) is 40.3.